The zero-order valence-electron chi connectivity index (χ0n) is 14.1. The molecule has 1 aromatic heterocycles. The number of anilines is 1. The highest BCUT2D eigenvalue weighted by Gasteiger charge is 2.11. The Kier molecular flexibility index (Phi) is 5.20. The van der Waals surface area contributed by atoms with Crippen LogP contribution in [0.15, 0.2) is 45.6 Å². The first kappa shape index (κ1) is 18.3. The normalized spacial score (nSPS) is 10.8. The number of carbonyl (C=O) groups excluding carboxylic acids is 1. The van der Waals surface area contributed by atoms with E-state index in [4.69, 9.17) is 32.4 Å². The largest absolute Gasteiger partial charge is 0.482 e. The van der Waals surface area contributed by atoms with Gasteiger partial charge < -0.3 is 14.5 Å². The van der Waals surface area contributed by atoms with Gasteiger partial charge in [-0.1, -0.05) is 29.3 Å². The molecule has 5 nitrogen and oxygen atoms in total. The molecule has 0 aliphatic rings. The second-order valence-corrected chi connectivity index (χ2v) is 6.64. The first-order chi connectivity index (χ1) is 12.3. The molecule has 0 aliphatic heterocycles. The lowest BCUT2D eigenvalue weighted by atomic mass is 10.1. The van der Waals surface area contributed by atoms with E-state index in [0.717, 1.165) is 11.1 Å². The van der Waals surface area contributed by atoms with Crippen LogP contribution in [0.2, 0.25) is 10.0 Å². The zero-order valence-corrected chi connectivity index (χ0v) is 15.6. The van der Waals surface area contributed by atoms with Crippen molar-refractivity contribution in [2.75, 3.05) is 11.9 Å². The molecule has 2 aromatic carbocycles. The first-order valence-electron chi connectivity index (χ1n) is 7.76. The first-order valence-corrected chi connectivity index (χ1v) is 8.52. The Bertz CT molecular complexity index is 1060. The molecule has 0 saturated carbocycles. The molecule has 0 unspecified atom stereocenters. The summed E-state index contributed by atoms with van der Waals surface area (Å²) in [4.78, 5) is 23.6. The predicted octanol–water partition coefficient (Wildman–Crippen LogP) is 4.73. The van der Waals surface area contributed by atoms with Crippen molar-refractivity contribution in [3.8, 4) is 5.75 Å². The standard InChI is InChI=1S/C19H15Cl2NO4/c1-10-3-4-12(6-14(10)20)22-18(23)9-25-17-8-16-13(7-15(17)21)11(2)5-19(24)26-16/h3-8H,9H2,1-2H3,(H,22,23). The van der Waals surface area contributed by atoms with E-state index in [2.05, 4.69) is 5.32 Å². The van der Waals surface area contributed by atoms with E-state index in [1.807, 2.05) is 13.0 Å². The van der Waals surface area contributed by atoms with Crippen molar-refractivity contribution in [3.63, 3.8) is 0 Å². The Balaban J connectivity index is 1.74. The van der Waals surface area contributed by atoms with Gasteiger partial charge in [-0.15, -0.1) is 0 Å². The van der Waals surface area contributed by atoms with Gasteiger partial charge in [0, 0.05) is 28.2 Å². The van der Waals surface area contributed by atoms with Crippen molar-refractivity contribution >= 4 is 45.8 Å². The van der Waals surface area contributed by atoms with Gasteiger partial charge in [0.05, 0.1) is 5.02 Å². The van der Waals surface area contributed by atoms with E-state index in [9.17, 15) is 9.59 Å². The summed E-state index contributed by atoms with van der Waals surface area (Å²) in [6, 6.07) is 9.75. The Labute approximate surface area is 159 Å². The summed E-state index contributed by atoms with van der Waals surface area (Å²) < 4.78 is 10.6. The second kappa shape index (κ2) is 7.40. The number of hydrogen-bond donors (Lipinski definition) is 1. The molecule has 7 heteroatoms. The molecule has 0 atom stereocenters. The lowest BCUT2D eigenvalue weighted by molar-refractivity contribution is -0.118. The highest BCUT2D eigenvalue weighted by Crippen LogP contribution is 2.31. The summed E-state index contributed by atoms with van der Waals surface area (Å²) in [5.41, 5.74) is 2.12. The van der Waals surface area contributed by atoms with Gasteiger partial charge in [0.2, 0.25) is 0 Å². The van der Waals surface area contributed by atoms with Crippen molar-refractivity contribution in [1.82, 2.24) is 0 Å². The number of rotatable bonds is 4. The van der Waals surface area contributed by atoms with Crippen LogP contribution < -0.4 is 15.7 Å². The summed E-state index contributed by atoms with van der Waals surface area (Å²) in [6.07, 6.45) is 0. The van der Waals surface area contributed by atoms with Gasteiger partial charge in [-0.25, -0.2) is 4.79 Å². The van der Waals surface area contributed by atoms with Crippen molar-refractivity contribution in [3.05, 3.63) is 68.0 Å². The van der Waals surface area contributed by atoms with Gasteiger partial charge in [-0.05, 0) is 43.2 Å². The number of benzene rings is 2. The van der Waals surface area contributed by atoms with Gasteiger partial charge in [-0.2, -0.15) is 0 Å². The van der Waals surface area contributed by atoms with Crippen LogP contribution in [0.25, 0.3) is 11.0 Å². The van der Waals surface area contributed by atoms with E-state index < -0.39 is 5.63 Å². The van der Waals surface area contributed by atoms with E-state index in [1.54, 1.807) is 25.1 Å². The van der Waals surface area contributed by atoms with Crippen molar-refractivity contribution in [2.45, 2.75) is 13.8 Å². The molecule has 3 rings (SSSR count). The molecule has 1 heterocycles. The number of halogens is 2. The molecule has 1 amide bonds. The smallest absolute Gasteiger partial charge is 0.336 e. The topological polar surface area (TPSA) is 68.5 Å². The summed E-state index contributed by atoms with van der Waals surface area (Å²) in [5.74, 6) is -0.114. The third-order valence-electron chi connectivity index (χ3n) is 3.82. The molecule has 3 aromatic rings. The van der Waals surface area contributed by atoms with Crippen LogP contribution in [-0.4, -0.2) is 12.5 Å². The molecule has 0 fully saturated rings. The Morgan fingerprint density at radius 3 is 2.58 bits per heavy atom. The van der Waals surface area contributed by atoms with Crippen LogP contribution in [0, 0.1) is 13.8 Å². The Morgan fingerprint density at radius 1 is 1.08 bits per heavy atom. The van der Waals surface area contributed by atoms with Crippen molar-refractivity contribution in [1.29, 1.82) is 0 Å². The number of ether oxygens (including phenoxy) is 1. The fourth-order valence-electron chi connectivity index (χ4n) is 2.44. The molecule has 0 saturated heterocycles. The SMILES string of the molecule is Cc1ccc(NC(=O)COc2cc3oc(=O)cc(C)c3cc2Cl)cc1Cl. The third kappa shape index (κ3) is 4.00. The number of aryl methyl sites for hydroxylation is 2. The fourth-order valence-corrected chi connectivity index (χ4v) is 2.84. The van der Waals surface area contributed by atoms with Crippen LogP contribution in [-0.2, 0) is 4.79 Å². The average molecular weight is 392 g/mol. The number of hydrogen-bond acceptors (Lipinski definition) is 4. The van der Waals surface area contributed by atoms with Crippen LogP contribution in [0.1, 0.15) is 11.1 Å². The molecule has 0 bridgehead atoms. The van der Waals surface area contributed by atoms with E-state index in [1.165, 1.54) is 12.1 Å². The Morgan fingerprint density at radius 2 is 1.85 bits per heavy atom. The van der Waals surface area contributed by atoms with E-state index in [0.29, 0.717) is 26.7 Å². The minimum absolute atomic E-state index is 0.255. The number of fused-ring (bicyclic) bond motifs is 1. The van der Waals surface area contributed by atoms with Gasteiger partial charge in [-0.3, -0.25) is 4.79 Å². The van der Waals surface area contributed by atoms with Gasteiger partial charge >= 0.3 is 5.63 Å². The number of amides is 1. The van der Waals surface area contributed by atoms with Gasteiger partial charge in [0.25, 0.3) is 5.91 Å². The minimum Gasteiger partial charge on any atom is -0.482 e. The highest BCUT2D eigenvalue weighted by molar-refractivity contribution is 6.33. The van der Waals surface area contributed by atoms with Crippen LogP contribution in [0.5, 0.6) is 5.75 Å². The zero-order chi connectivity index (χ0) is 18.8. The summed E-state index contributed by atoms with van der Waals surface area (Å²) >= 11 is 12.2. The number of nitrogens with one attached hydrogen (secondary N) is 1. The fraction of sp³-hybridized carbons (Fsp3) is 0.158. The Hall–Kier alpha value is -2.50. The van der Waals surface area contributed by atoms with Crippen LogP contribution >= 0.6 is 23.2 Å². The summed E-state index contributed by atoms with van der Waals surface area (Å²) in [5, 5.41) is 4.28. The lowest BCUT2D eigenvalue weighted by Crippen LogP contribution is -2.20. The molecular weight excluding hydrogens is 377 g/mol. The second-order valence-electron chi connectivity index (χ2n) is 5.83. The van der Waals surface area contributed by atoms with Crippen molar-refractivity contribution < 1.29 is 13.9 Å². The molecule has 1 N–H and O–H groups in total. The van der Waals surface area contributed by atoms with E-state index in [-0.39, 0.29) is 18.3 Å². The molecule has 26 heavy (non-hydrogen) atoms. The maximum absolute atomic E-state index is 12.1. The maximum atomic E-state index is 12.1. The maximum Gasteiger partial charge on any atom is 0.336 e. The van der Waals surface area contributed by atoms with Crippen LogP contribution in [0.4, 0.5) is 5.69 Å². The van der Waals surface area contributed by atoms with Gasteiger partial charge in [0.15, 0.2) is 6.61 Å². The van der Waals surface area contributed by atoms with Crippen molar-refractivity contribution in [2.24, 2.45) is 0 Å². The van der Waals surface area contributed by atoms with E-state index >= 15 is 0 Å². The van der Waals surface area contributed by atoms with Crippen LogP contribution in [0.3, 0.4) is 0 Å². The summed E-state index contributed by atoms with van der Waals surface area (Å²) in [6.45, 7) is 3.40. The predicted molar refractivity (Wildman–Crippen MR) is 103 cm³/mol. The quantitative estimate of drug-likeness (QED) is 0.652. The molecule has 0 aliphatic carbocycles. The highest BCUT2D eigenvalue weighted by atomic mass is 35.5. The molecule has 134 valence electrons. The lowest BCUT2D eigenvalue weighted by Gasteiger charge is -2.11. The third-order valence-corrected chi connectivity index (χ3v) is 4.52. The number of carbonyl (C=O) groups is 1. The minimum atomic E-state index is -0.461. The molecular formula is C19H15Cl2NO4. The summed E-state index contributed by atoms with van der Waals surface area (Å²) in [7, 11) is 0. The average Bonchev–Trinajstić information content (AvgIpc) is 2.57. The monoisotopic (exact) mass is 391 g/mol. The molecule has 0 radical (unpaired) electrons. The van der Waals surface area contributed by atoms with Gasteiger partial charge in [0.1, 0.15) is 11.3 Å². The molecule has 0 spiro atoms.